The Morgan fingerprint density at radius 1 is 0.127 bits per heavy atom. The fourth-order valence-corrected chi connectivity index (χ4v) is 13.8. The van der Waals surface area contributed by atoms with Gasteiger partial charge in [0, 0.05) is 0 Å². The molecular formula is C63H128. The highest BCUT2D eigenvalue weighted by Gasteiger charge is 2.40. The lowest BCUT2D eigenvalue weighted by molar-refractivity contribution is 0.0465. The maximum Gasteiger partial charge on any atom is -0.0386 e. The van der Waals surface area contributed by atoms with Crippen LogP contribution in [-0.4, -0.2) is 0 Å². The molecule has 0 heteroatoms. The zero-order chi connectivity index (χ0) is 50.0. The van der Waals surface area contributed by atoms with E-state index < -0.39 is 0 Å². The van der Waals surface area contributed by atoms with Crippen molar-refractivity contribution in [2.45, 2.75) is 228 Å². The smallest absolute Gasteiger partial charge is 0.0386 e. The van der Waals surface area contributed by atoms with Crippen LogP contribution in [0.5, 0.6) is 0 Å². The van der Waals surface area contributed by atoms with E-state index in [0.717, 1.165) is 178 Å². The van der Waals surface area contributed by atoms with Gasteiger partial charge in [-0.25, -0.2) is 0 Å². The van der Waals surface area contributed by atoms with Crippen molar-refractivity contribution in [1.82, 2.24) is 0 Å². The van der Waals surface area contributed by atoms with Gasteiger partial charge in [0.2, 0.25) is 0 Å². The second-order valence-corrected chi connectivity index (χ2v) is 27.0. The molecule has 0 saturated carbocycles. The SMILES string of the molecule is CC(C)C(C)C(C)C(C)C(C)C(C)C(C)C(C)C(C)C(C)C(C)CC(C)C(C)C(C)C(C)C(C)C(C)C(C)C(C)C(C)C(C)C(C)C(C)C(C)C(C)C(C)C(C)C(C)C(C)C(C)C. The average Bonchev–Trinajstić information content (AvgIpc) is 3.26. The minimum absolute atomic E-state index is 0.719. The molecule has 0 aliphatic heterocycles. The van der Waals surface area contributed by atoms with Crippen LogP contribution in [0.4, 0.5) is 0 Å². The van der Waals surface area contributed by atoms with Gasteiger partial charge in [-0.2, -0.15) is 0 Å². The first kappa shape index (κ1) is 63.0. The zero-order valence-electron chi connectivity index (χ0n) is 50.0. The van der Waals surface area contributed by atoms with E-state index >= 15 is 0 Å². The van der Waals surface area contributed by atoms with Crippen molar-refractivity contribution < 1.29 is 0 Å². The molecule has 0 aromatic heterocycles. The Bertz CT molecular complexity index is 1180. The molecule has 380 valence electrons. The van der Waals surface area contributed by atoms with Crippen molar-refractivity contribution in [2.24, 2.45) is 178 Å². The summed E-state index contributed by atoms with van der Waals surface area (Å²) in [5, 5.41) is 0. The highest BCUT2D eigenvalue weighted by molar-refractivity contribution is 4.89. The summed E-state index contributed by atoms with van der Waals surface area (Å²) in [4.78, 5) is 0. The third-order valence-corrected chi connectivity index (χ3v) is 24.5. The molecule has 0 N–H and O–H groups in total. The van der Waals surface area contributed by atoms with Crippen molar-refractivity contribution in [1.29, 1.82) is 0 Å². The van der Waals surface area contributed by atoms with Crippen LogP contribution in [0.25, 0.3) is 0 Å². The van der Waals surface area contributed by atoms with Gasteiger partial charge in [0.15, 0.2) is 0 Å². The van der Waals surface area contributed by atoms with Crippen molar-refractivity contribution in [2.75, 3.05) is 0 Å². The molecule has 28 unspecified atom stereocenters. The fourth-order valence-electron chi connectivity index (χ4n) is 13.8. The normalized spacial score (nSPS) is 26.6. The van der Waals surface area contributed by atoms with Crippen molar-refractivity contribution >= 4 is 0 Å². The van der Waals surface area contributed by atoms with Gasteiger partial charge in [-0.1, -0.05) is 222 Å². The summed E-state index contributed by atoms with van der Waals surface area (Å²) in [5.74, 6) is 22.3. The summed E-state index contributed by atoms with van der Waals surface area (Å²) in [7, 11) is 0. The minimum Gasteiger partial charge on any atom is -0.0625 e. The van der Waals surface area contributed by atoms with Crippen LogP contribution >= 0.6 is 0 Å². The summed E-state index contributed by atoms with van der Waals surface area (Å²) < 4.78 is 0. The Balaban J connectivity index is 5.58. The van der Waals surface area contributed by atoms with Gasteiger partial charge in [-0.3, -0.25) is 0 Å². The van der Waals surface area contributed by atoms with E-state index in [1.165, 1.54) is 6.42 Å². The molecule has 0 aliphatic rings. The molecule has 0 fully saturated rings. The summed E-state index contributed by atoms with van der Waals surface area (Å²) in [6, 6.07) is 0. The van der Waals surface area contributed by atoms with Crippen molar-refractivity contribution in [3.05, 3.63) is 0 Å². The molecule has 28 atom stereocenters. The number of hydrogen-bond acceptors (Lipinski definition) is 0. The van der Waals surface area contributed by atoms with Crippen LogP contribution in [0.1, 0.15) is 228 Å². The quantitative estimate of drug-likeness (QED) is 0.0674. The van der Waals surface area contributed by atoms with Crippen molar-refractivity contribution in [3.63, 3.8) is 0 Å². The lowest BCUT2D eigenvalue weighted by Gasteiger charge is -2.44. The zero-order valence-corrected chi connectivity index (χ0v) is 50.0. The van der Waals surface area contributed by atoms with Crippen LogP contribution < -0.4 is 0 Å². The molecule has 0 bridgehead atoms. The van der Waals surface area contributed by atoms with Gasteiger partial charge >= 0.3 is 0 Å². The third kappa shape index (κ3) is 16.6. The second kappa shape index (κ2) is 27.9. The minimum atomic E-state index is 0.719. The van der Waals surface area contributed by atoms with E-state index in [-0.39, 0.29) is 0 Å². The molecular weight excluding hydrogens is 757 g/mol. The Hall–Kier alpha value is 0. The maximum absolute atomic E-state index is 2.61. The van der Waals surface area contributed by atoms with E-state index in [1.807, 2.05) is 0 Å². The predicted molar refractivity (Wildman–Crippen MR) is 291 cm³/mol. The maximum atomic E-state index is 2.61. The molecule has 0 aromatic rings. The van der Waals surface area contributed by atoms with E-state index in [1.54, 1.807) is 0 Å². The Kier molecular flexibility index (Phi) is 27.9. The molecule has 0 heterocycles. The van der Waals surface area contributed by atoms with Gasteiger partial charge < -0.3 is 0 Å². The first-order chi connectivity index (χ1) is 28.6. The summed E-state index contributed by atoms with van der Waals surface area (Å²) in [6.07, 6.45) is 1.35. The summed E-state index contributed by atoms with van der Waals surface area (Å²) in [6.45, 7) is 81.9. The first-order valence-electron chi connectivity index (χ1n) is 28.6. The molecule has 63 heavy (non-hydrogen) atoms. The molecule has 0 saturated heterocycles. The molecule has 0 nitrogen and oxygen atoms in total. The van der Waals surface area contributed by atoms with Crippen LogP contribution in [0, 0.1) is 178 Å². The van der Waals surface area contributed by atoms with Gasteiger partial charge in [0.05, 0.1) is 0 Å². The van der Waals surface area contributed by atoms with Crippen LogP contribution in [-0.2, 0) is 0 Å². The molecule has 0 aromatic carbocycles. The van der Waals surface area contributed by atoms with E-state index in [0.29, 0.717) is 0 Å². The molecule has 0 radical (unpaired) electrons. The summed E-state index contributed by atoms with van der Waals surface area (Å²) >= 11 is 0. The van der Waals surface area contributed by atoms with E-state index in [4.69, 9.17) is 0 Å². The molecule has 0 amide bonds. The van der Waals surface area contributed by atoms with Gasteiger partial charge in [0.1, 0.15) is 0 Å². The lowest BCUT2D eigenvalue weighted by Crippen LogP contribution is -2.38. The van der Waals surface area contributed by atoms with Crippen LogP contribution in [0.3, 0.4) is 0 Å². The number of hydrogen-bond donors (Lipinski definition) is 0. The third-order valence-electron chi connectivity index (χ3n) is 24.5. The lowest BCUT2D eigenvalue weighted by atomic mass is 9.61. The standard InChI is InChI=1S/C63H128/c1-34(2)38(7)42(11)46(15)50(19)54(23)52(21)48(17)44(13)40(9)36(5)33-37(6)41(10)45(14)49(18)53(22)56(25)58(27)60(29)62(31)63(32)61(30)59(28)57(26)55(24)51(20)47(16)43(12)39(8)35(3)4/h34-63H,33H2,1-32H3. The summed E-state index contributed by atoms with van der Waals surface area (Å²) in [5.41, 5.74) is 0. The largest absolute Gasteiger partial charge is 0.0625 e. The molecule has 0 spiro atoms. The monoisotopic (exact) mass is 885 g/mol. The average molecular weight is 886 g/mol. The van der Waals surface area contributed by atoms with Crippen LogP contribution in [0.15, 0.2) is 0 Å². The Labute approximate surface area is 403 Å². The van der Waals surface area contributed by atoms with Gasteiger partial charge in [0.25, 0.3) is 0 Å². The van der Waals surface area contributed by atoms with E-state index in [2.05, 4.69) is 222 Å². The predicted octanol–water partition coefficient (Wildman–Crippen LogP) is 20.5. The molecule has 0 rings (SSSR count). The second-order valence-electron chi connectivity index (χ2n) is 27.0. The fraction of sp³-hybridized carbons (Fsp3) is 1.00. The molecule has 0 aliphatic carbocycles. The van der Waals surface area contributed by atoms with E-state index in [9.17, 15) is 0 Å². The topological polar surface area (TPSA) is 0 Å². The first-order valence-corrected chi connectivity index (χ1v) is 28.6. The highest BCUT2D eigenvalue weighted by atomic mass is 14.5. The van der Waals surface area contributed by atoms with Gasteiger partial charge in [-0.05, 0) is 184 Å². The van der Waals surface area contributed by atoms with Gasteiger partial charge in [-0.15, -0.1) is 0 Å². The van der Waals surface area contributed by atoms with Crippen LogP contribution in [0.2, 0.25) is 0 Å². The highest BCUT2D eigenvalue weighted by Crippen LogP contribution is 2.47. The Morgan fingerprint density at radius 3 is 0.333 bits per heavy atom. The number of rotatable bonds is 30. The Morgan fingerprint density at radius 2 is 0.222 bits per heavy atom. The van der Waals surface area contributed by atoms with Crippen molar-refractivity contribution in [3.8, 4) is 0 Å².